The highest BCUT2D eigenvalue weighted by Gasteiger charge is 2.19. The normalized spacial score (nSPS) is 12.2. The van der Waals surface area contributed by atoms with E-state index in [0.717, 1.165) is 17.7 Å². The zero-order valence-corrected chi connectivity index (χ0v) is 12.0. The van der Waals surface area contributed by atoms with Crippen molar-refractivity contribution in [3.63, 3.8) is 0 Å². The van der Waals surface area contributed by atoms with Crippen molar-refractivity contribution in [2.24, 2.45) is 11.7 Å². The van der Waals surface area contributed by atoms with Gasteiger partial charge in [-0.25, -0.2) is 0 Å². The summed E-state index contributed by atoms with van der Waals surface area (Å²) in [6.45, 7) is 7.03. The highest BCUT2D eigenvalue weighted by Crippen LogP contribution is 2.26. The quantitative estimate of drug-likeness (QED) is 0.829. The van der Waals surface area contributed by atoms with Crippen molar-refractivity contribution in [2.75, 3.05) is 18.0 Å². The van der Waals surface area contributed by atoms with Crippen LogP contribution >= 0.6 is 0 Å². The summed E-state index contributed by atoms with van der Waals surface area (Å²) in [5.74, 6) is 0.463. The SMILES string of the molecule is CCC(CN)CC(=O)N(CC)c1cc(O)ccc1C. The third kappa shape index (κ3) is 3.96. The number of phenols is 1. The number of nitrogens with two attached hydrogens (primary N) is 1. The fraction of sp³-hybridized carbons (Fsp3) is 0.533. The molecule has 0 aliphatic carbocycles. The molecule has 1 aromatic rings. The zero-order chi connectivity index (χ0) is 14.4. The Bertz CT molecular complexity index is 428. The maximum atomic E-state index is 12.4. The first-order valence-corrected chi connectivity index (χ1v) is 6.83. The number of aryl methyl sites for hydroxylation is 1. The Labute approximate surface area is 115 Å². The van der Waals surface area contributed by atoms with Crippen molar-refractivity contribution in [1.29, 1.82) is 0 Å². The van der Waals surface area contributed by atoms with Crippen molar-refractivity contribution in [1.82, 2.24) is 0 Å². The molecule has 0 fully saturated rings. The molecule has 3 N–H and O–H groups in total. The maximum Gasteiger partial charge on any atom is 0.227 e. The van der Waals surface area contributed by atoms with Gasteiger partial charge in [0, 0.05) is 19.0 Å². The molecular weight excluding hydrogens is 240 g/mol. The van der Waals surface area contributed by atoms with Crippen LogP contribution in [-0.4, -0.2) is 24.1 Å². The number of nitrogens with zero attached hydrogens (tertiary/aromatic N) is 1. The van der Waals surface area contributed by atoms with Crippen LogP contribution in [0.4, 0.5) is 5.69 Å². The number of anilines is 1. The standard InChI is InChI=1S/C15H24N2O2/c1-4-12(10-16)8-15(19)17(5-2)14-9-13(18)7-6-11(14)3/h6-7,9,12,18H,4-5,8,10,16H2,1-3H3. The molecule has 0 heterocycles. The van der Waals surface area contributed by atoms with Gasteiger partial charge in [-0.05, 0) is 37.9 Å². The van der Waals surface area contributed by atoms with Gasteiger partial charge in [-0.1, -0.05) is 19.4 Å². The number of benzene rings is 1. The van der Waals surface area contributed by atoms with E-state index in [9.17, 15) is 9.90 Å². The molecule has 0 bridgehead atoms. The third-order valence-corrected chi connectivity index (χ3v) is 3.47. The van der Waals surface area contributed by atoms with E-state index in [1.54, 1.807) is 17.0 Å². The van der Waals surface area contributed by atoms with Gasteiger partial charge in [0.25, 0.3) is 0 Å². The Morgan fingerprint density at radius 3 is 2.63 bits per heavy atom. The molecule has 0 spiro atoms. The lowest BCUT2D eigenvalue weighted by Gasteiger charge is -2.25. The molecule has 0 aliphatic heterocycles. The molecule has 0 aromatic heterocycles. The number of phenolic OH excluding ortho intramolecular Hbond substituents is 1. The van der Waals surface area contributed by atoms with Crippen LogP contribution in [0.5, 0.6) is 5.75 Å². The van der Waals surface area contributed by atoms with E-state index in [0.29, 0.717) is 19.5 Å². The average molecular weight is 264 g/mol. The second-order valence-corrected chi connectivity index (χ2v) is 4.82. The van der Waals surface area contributed by atoms with E-state index in [2.05, 4.69) is 0 Å². The molecule has 1 atom stereocenters. The van der Waals surface area contributed by atoms with Gasteiger partial charge in [-0.15, -0.1) is 0 Å². The van der Waals surface area contributed by atoms with Gasteiger partial charge in [-0.3, -0.25) is 4.79 Å². The molecule has 1 aromatic carbocycles. The van der Waals surface area contributed by atoms with Gasteiger partial charge in [0.2, 0.25) is 5.91 Å². The molecule has 0 radical (unpaired) electrons. The lowest BCUT2D eigenvalue weighted by Crippen LogP contribution is -2.33. The van der Waals surface area contributed by atoms with Crippen molar-refractivity contribution in [2.45, 2.75) is 33.6 Å². The molecule has 1 amide bonds. The minimum absolute atomic E-state index is 0.0634. The van der Waals surface area contributed by atoms with Gasteiger partial charge in [0.05, 0.1) is 5.69 Å². The van der Waals surface area contributed by atoms with E-state index in [1.807, 2.05) is 26.8 Å². The van der Waals surface area contributed by atoms with E-state index in [-0.39, 0.29) is 17.6 Å². The summed E-state index contributed by atoms with van der Waals surface area (Å²) in [6, 6.07) is 5.09. The van der Waals surface area contributed by atoms with Crippen LogP contribution in [0.3, 0.4) is 0 Å². The van der Waals surface area contributed by atoms with Gasteiger partial charge < -0.3 is 15.7 Å². The predicted octanol–water partition coefficient (Wildman–Crippen LogP) is 2.43. The number of rotatable bonds is 6. The van der Waals surface area contributed by atoms with Crippen LogP contribution in [0.15, 0.2) is 18.2 Å². The second-order valence-electron chi connectivity index (χ2n) is 4.82. The first kappa shape index (κ1) is 15.5. The molecule has 0 saturated carbocycles. The molecule has 1 unspecified atom stereocenters. The second kappa shape index (κ2) is 7.14. The Hall–Kier alpha value is -1.55. The Morgan fingerprint density at radius 1 is 1.42 bits per heavy atom. The van der Waals surface area contributed by atoms with Crippen molar-refractivity contribution >= 4 is 11.6 Å². The molecular formula is C15H24N2O2. The molecule has 19 heavy (non-hydrogen) atoms. The van der Waals surface area contributed by atoms with Crippen molar-refractivity contribution in [3.8, 4) is 5.75 Å². The maximum absolute atomic E-state index is 12.4. The first-order valence-electron chi connectivity index (χ1n) is 6.83. The summed E-state index contributed by atoms with van der Waals surface area (Å²) in [6.07, 6.45) is 1.36. The van der Waals surface area contributed by atoms with Gasteiger partial charge in [-0.2, -0.15) is 0 Å². The van der Waals surface area contributed by atoms with Crippen LogP contribution in [0.25, 0.3) is 0 Å². The number of hydrogen-bond donors (Lipinski definition) is 2. The molecule has 1 rings (SSSR count). The highest BCUT2D eigenvalue weighted by atomic mass is 16.3. The minimum atomic E-state index is 0.0634. The lowest BCUT2D eigenvalue weighted by atomic mass is 10.0. The Kier molecular flexibility index (Phi) is 5.83. The fourth-order valence-corrected chi connectivity index (χ4v) is 2.12. The Balaban J connectivity index is 2.93. The van der Waals surface area contributed by atoms with E-state index >= 15 is 0 Å². The molecule has 106 valence electrons. The predicted molar refractivity (Wildman–Crippen MR) is 78.3 cm³/mol. The summed E-state index contributed by atoms with van der Waals surface area (Å²) >= 11 is 0. The number of carbonyl (C=O) groups excluding carboxylic acids is 1. The van der Waals surface area contributed by atoms with Crippen molar-refractivity contribution < 1.29 is 9.90 Å². The monoisotopic (exact) mass is 264 g/mol. The summed E-state index contributed by atoms with van der Waals surface area (Å²) in [7, 11) is 0. The van der Waals surface area contributed by atoms with Crippen LogP contribution in [0, 0.1) is 12.8 Å². The molecule has 4 heteroatoms. The molecule has 4 nitrogen and oxygen atoms in total. The van der Waals surface area contributed by atoms with Crippen LogP contribution in [-0.2, 0) is 4.79 Å². The van der Waals surface area contributed by atoms with Gasteiger partial charge in [0.1, 0.15) is 5.75 Å². The van der Waals surface area contributed by atoms with Crippen LogP contribution < -0.4 is 10.6 Å². The average Bonchev–Trinajstić information content (AvgIpc) is 2.40. The van der Waals surface area contributed by atoms with Crippen LogP contribution in [0.1, 0.15) is 32.3 Å². The van der Waals surface area contributed by atoms with E-state index in [4.69, 9.17) is 5.73 Å². The van der Waals surface area contributed by atoms with E-state index in [1.165, 1.54) is 0 Å². The van der Waals surface area contributed by atoms with Crippen molar-refractivity contribution in [3.05, 3.63) is 23.8 Å². The highest BCUT2D eigenvalue weighted by molar-refractivity contribution is 5.94. The number of carbonyl (C=O) groups is 1. The summed E-state index contributed by atoms with van der Waals surface area (Å²) in [5.41, 5.74) is 7.41. The summed E-state index contributed by atoms with van der Waals surface area (Å²) in [4.78, 5) is 14.1. The molecule has 0 saturated heterocycles. The largest absolute Gasteiger partial charge is 0.508 e. The van der Waals surface area contributed by atoms with Gasteiger partial charge >= 0.3 is 0 Å². The van der Waals surface area contributed by atoms with E-state index < -0.39 is 0 Å². The smallest absolute Gasteiger partial charge is 0.227 e. The summed E-state index contributed by atoms with van der Waals surface area (Å²) < 4.78 is 0. The number of hydrogen-bond acceptors (Lipinski definition) is 3. The minimum Gasteiger partial charge on any atom is -0.508 e. The fourth-order valence-electron chi connectivity index (χ4n) is 2.12. The summed E-state index contributed by atoms with van der Waals surface area (Å²) in [5, 5.41) is 9.58. The number of aromatic hydroxyl groups is 1. The zero-order valence-electron chi connectivity index (χ0n) is 12.0. The first-order chi connectivity index (χ1) is 9.03. The Morgan fingerprint density at radius 2 is 2.11 bits per heavy atom. The molecule has 0 aliphatic rings. The van der Waals surface area contributed by atoms with Gasteiger partial charge in [0.15, 0.2) is 0 Å². The lowest BCUT2D eigenvalue weighted by molar-refractivity contribution is -0.119. The van der Waals surface area contributed by atoms with Crippen LogP contribution in [0.2, 0.25) is 0 Å². The number of amides is 1. The third-order valence-electron chi connectivity index (χ3n) is 3.47. The topological polar surface area (TPSA) is 66.6 Å².